The molecule has 2 unspecified atom stereocenters. The standard InChI is InChI=1S/C21H27NO4S/c1-16-6-8-18(9-7-16)20(14-19-5-3-12-26-19)21(23)22-11-2-4-17-10-13-27(24,25)15-17/h3,5-9,12,17,20H,2,4,10-11,13-15H2,1H3,(H,22,23). The SMILES string of the molecule is Cc1ccc(C(Cc2ccco2)C(=O)NCCCC2CCS(=O)(=O)C2)cc1. The topological polar surface area (TPSA) is 76.4 Å². The summed E-state index contributed by atoms with van der Waals surface area (Å²) in [6.45, 7) is 2.59. The summed E-state index contributed by atoms with van der Waals surface area (Å²) in [5, 5.41) is 3.02. The van der Waals surface area contributed by atoms with Gasteiger partial charge in [0.1, 0.15) is 5.76 Å². The highest BCUT2D eigenvalue weighted by atomic mass is 32.2. The Morgan fingerprint density at radius 2 is 2.04 bits per heavy atom. The molecule has 1 N–H and O–H groups in total. The number of rotatable bonds is 8. The molecule has 2 atom stereocenters. The van der Waals surface area contributed by atoms with Gasteiger partial charge in [-0.05, 0) is 49.8 Å². The molecule has 0 bridgehead atoms. The molecule has 1 fully saturated rings. The summed E-state index contributed by atoms with van der Waals surface area (Å²) in [5.74, 6) is 1.31. The molecule has 5 nitrogen and oxygen atoms in total. The lowest BCUT2D eigenvalue weighted by atomic mass is 9.93. The van der Waals surface area contributed by atoms with Crippen LogP contribution < -0.4 is 5.32 Å². The van der Waals surface area contributed by atoms with Crippen LogP contribution in [0.5, 0.6) is 0 Å². The molecule has 0 radical (unpaired) electrons. The number of carbonyl (C=O) groups is 1. The Hall–Kier alpha value is -2.08. The predicted molar refractivity (Wildman–Crippen MR) is 105 cm³/mol. The zero-order valence-electron chi connectivity index (χ0n) is 15.7. The molecule has 3 rings (SSSR count). The van der Waals surface area contributed by atoms with Gasteiger partial charge in [-0.15, -0.1) is 0 Å². The average Bonchev–Trinajstić information content (AvgIpc) is 3.26. The fourth-order valence-corrected chi connectivity index (χ4v) is 5.53. The first-order chi connectivity index (χ1) is 12.9. The summed E-state index contributed by atoms with van der Waals surface area (Å²) in [7, 11) is -2.83. The van der Waals surface area contributed by atoms with E-state index in [-0.39, 0.29) is 17.7 Å². The van der Waals surface area contributed by atoms with Gasteiger partial charge in [0.2, 0.25) is 5.91 Å². The lowest BCUT2D eigenvalue weighted by molar-refractivity contribution is -0.122. The Kier molecular flexibility index (Phi) is 6.37. The fourth-order valence-electron chi connectivity index (χ4n) is 3.62. The van der Waals surface area contributed by atoms with E-state index in [0.29, 0.717) is 24.5 Å². The minimum absolute atomic E-state index is 0.0192. The molecule has 6 heteroatoms. The molecule has 1 aliphatic rings. The summed E-state index contributed by atoms with van der Waals surface area (Å²) >= 11 is 0. The van der Waals surface area contributed by atoms with Gasteiger partial charge in [-0.25, -0.2) is 8.42 Å². The van der Waals surface area contributed by atoms with Crippen molar-refractivity contribution in [3.63, 3.8) is 0 Å². The monoisotopic (exact) mass is 389 g/mol. The van der Waals surface area contributed by atoms with E-state index < -0.39 is 9.84 Å². The Labute approximate surface area is 161 Å². The minimum atomic E-state index is -2.83. The lowest BCUT2D eigenvalue weighted by Crippen LogP contribution is -2.31. The highest BCUT2D eigenvalue weighted by molar-refractivity contribution is 7.91. The van der Waals surface area contributed by atoms with Crippen molar-refractivity contribution in [2.24, 2.45) is 5.92 Å². The predicted octanol–water partition coefficient (Wildman–Crippen LogP) is 3.25. The van der Waals surface area contributed by atoms with E-state index in [4.69, 9.17) is 4.42 Å². The number of sulfone groups is 1. The maximum Gasteiger partial charge on any atom is 0.228 e. The van der Waals surface area contributed by atoms with Crippen molar-refractivity contribution in [1.82, 2.24) is 5.32 Å². The van der Waals surface area contributed by atoms with E-state index in [2.05, 4.69) is 5.32 Å². The Balaban J connectivity index is 1.55. The van der Waals surface area contributed by atoms with E-state index in [1.165, 1.54) is 0 Å². The van der Waals surface area contributed by atoms with Gasteiger partial charge in [0.05, 0.1) is 23.7 Å². The molecule has 0 spiro atoms. The van der Waals surface area contributed by atoms with E-state index in [1.54, 1.807) is 6.26 Å². The molecule has 2 aromatic rings. The highest BCUT2D eigenvalue weighted by Crippen LogP contribution is 2.24. The number of nitrogens with one attached hydrogen (secondary N) is 1. The second-order valence-electron chi connectivity index (χ2n) is 7.45. The van der Waals surface area contributed by atoms with Crippen molar-refractivity contribution in [2.75, 3.05) is 18.1 Å². The third kappa shape index (κ3) is 5.70. The first kappa shape index (κ1) is 19.7. The number of hydrogen-bond acceptors (Lipinski definition) is 4. The molecule has 0 aliphatic carbocycles. The maximum atomic E-state index is 12.8. The molecule has 1 aliphatic heterocycles. The summed E-state index contributed by atoms with van der Waals surface area (Å²) < 4.78 is 28.5. The number of benzene rings is 1. The van der Waals surface area contributed by atoms with E-state index in [9.17, 15) is 13.2 Å². The highest BCUT2D eigenvalue weighted by Gasteiger charge is 2.27. The number of hydrogen-bond donors (Lipinski definition) is 1. The molecule has 27 heavy (non-hydrogen) atoms. The van der Waals surface area contributed by atoms with Gasteiger partial charge < -0.3 is 9.73 Å². The van der Waals surface area contributed by atoms with E-state index in [0.717, 1.165) is 36.1 Å². The Bertz CT molecular complexity index is 841. The summed E-state index contributed by atoms with van der Waals surface area (Å²) in [5.41, 5.74) is 2.12. The Morgan fingerprint density at radius 1 is 1.26 bits per heavy atom. The van der Waals surface area contributed by atoms with Crippen LogP contribution in [0.25, 0.3) is 0 Å². The average molecular weight is 390 g/mol. The van der Waals surface area contributed by atoms with Crippen LogP contribution in [0.3, 0.4) is 0 Å². The number of furan rings is 1. The van der Waals surface area contributed by atoms with Gasteiger partial charge in [-0.1, -0.05) is 29.8 Å². The second kappa shape index (κ2) is 8.74. The van der Waals surface area contributed by atoms with Crippen LogP contribution in [0, 0.1) is 12.8 Å². The van der Waals surface area contributed by atoms with E-state index >= 15 is 0 Å². The molecule has 1 aromatic heterocycles. The van der Waals surface area contributed by atoms with Gasteiger partial charge in [0.25, 0.3) is 0 Å². The van der Waals surface area contributed by atoms with Crippen LogP contribution in [0.4, 0.5) is 0 Å². The molecule has 1 aromatic carbocycles. The normalized spacial score (nSPS) is 19.7. The molecular formula is C21H27NO4S. The van der Waals surface area contributed by atoms with E-state index in [1.807, 2.05) is 43.3 Å². The minimum Gasteiger partial charge on any atom is -0.469 e. The quantitative estimate of drug-likeness (QED) is 0.703. The van der Waals surface area contributed by atoms with Crippen molar-refractivity contribution in [3.8, 4) is 0 Å². The third-order valence-corrected chi connectivity index (χ3v) is 7.03. The maximum absolute atomic E-state index is 12.8. The van der Waals surface area contributed by atoms with Crippen LogP contribution in [0.2, 0.25) is 0 Å². The van der Waals surface area contributed by atoms with Crippen molar-refractivity contribution in [2.45, 2.75) is 38.5 Å². The van der Waals surface area contributed by atoms with Crippen LogP contribution in [0.1, 0.15) is 42.1 Å². The third-order valence-electron chi connectivity index (χ3n) is 5.20. The van der Waals surface area contributed by atoms with Crippen LogP contribution >= 0.6 is 0 Å². The van der Waals surface area contributed by atoms with Crippen LogP contribution in [-0.4, -0.2) is 32.4 Å². The molecule has 1 saturated heterocycles. The van der Waals surface area contributed by atoms with Gasteiger partial charge in [0, 0.05) is 13.0 Å². The molecule has 1 amide bonds. The van der Waals surface area contributed by atoms with Crippen molar-refractivity contribution < 1.29 is 17.6 Å². The summed E-state index contributed by atoms with van der Waals surface area (Å²) in [6, 6.07) is 11.7. The van der Waals surface area contributed by atoms with Gasteiger partial charge in [-0.2, -0.15) is 0 Å². The van der Waals surface area contributed by atoms with Gasteiger partial charge in [-0.3, -0.25) is 4.79 Å². The van der Waals surface area contributed by atoms with Crippen molar-refractivity contribution in [3.05, 3.63) is 59.5 Å². The fraction of sp³-hybridized carbons (Fsp3) is 0.476. The molecule has 146 valence electrons. The van der Waals surface area contributed by atoms with Crippen LogP contribution in [0.15, 0.2) is 47.1 Å². The molecular weight excluding hydrogens is 362 g/mol. The number of amides is 1. The number of carbonyl (C=O) groups excluding carboxylic acids is 1. The van der Waals surface area contributed by atoms with Crippen molar-refractivity contribution >= 4 is 15.7 Å². The summed E-state index contributed by atoms with van der Waals surface area (Å²) in [4.78, 5) is 12.8. The Morgan fingerprint density at radius 3 is 2.67 bits per heavy atom. The van der Waals surface area contributed by atoms with Gasteiger partial charge >= 0.3 is 0 Å². The zero-order chi connectivity index (χ0) is 19.3. The van der Waals surface area contributed by atoms with Crippen LogP contribution in [-0.2, 0) is 21.1 Å². The van der Waals surface area contributed by atoms with Gasteiger partial charge in [0.15, 0.2) is 9.84 Å². The largest absolute Gasteiger partial charge is 0.469 e. The van der Waals surface area contributed by atoms with Crippen molar-refractivity contribution in [1.29, 1.82) is 0 Å². The molecule has 0 saturated carbocycles. The lowest BCUT2D eigenvalue weighted by Gasteiger charge is -2.17. The molecule has 2 heterocycles. The number of aryl methyl sites for hydroxylation is 1. The first-order valence-corrected chi connectivity index (χ1v) is 11.3. The zero-order valence-corrected chi connectivity index (χ0v) is 16.5. The smallest absolute Gasteiger partial charge is 0.228 e. The first-order valence-electron chi connectivity index (χ1n) is 9.50. The second-order valence-corrected chi connectivity index (χ2v) is 9.68. The summed E-state index contributed by atoms with van der Waals surface area (Å²) in [6.07, 6.45) is 4.53.